The molecule has 4 aliphatic rings. The van der Waals surface area contributed by atoms with Crippen LogP contribution in [0.3, 0.4) is 0 Å². The van der Waals surface area contributed by atoms with E-state index in [9.17, 15) is 4.79 Å². The Labute approximate surface area is 154 Å². The van der Waals surface area contributed by atoms with Gasteiger partial charge in [-0.3, -0.25) is 9.69 Å². The number of nitrogens with one attached hydrogen (secondary N) is 2. The lowest BCUT2D eigenvalue weighted by atomic mass is 9.65. The SMILES string of the molecule is CCNC(=O)C1CC2CC3c4[nH]c5ccc(OC)cc5c4CCN(C2)C13. The van der Waals surface area contributed by atoms with Gasteiger partial charge < -0.3 is 15.0 Å². The molecule has 1 aliphatic carbocycles. The number of methoxy groups -OCH3 is 1. The van der Waals surface area contributed by atoms with Gasteiger partial charge in [0.25, 0.3) is 0 Å². The number of carbonyl (C=O) groups excluding carboxylic acids is 1. The minimum absolute atomic E-state index is 0.124. The Hall–Kier alpha value is -2.01. The van der Waals surface area contributed by atoms with Crippen molar-refractivity contribution in [3.05, 3.63) is 29.5 Å². The van der Waals surface area contributed by atoms with Crippen molar-refractivity contribution in [3.8, 4) is 5.75 Å². The Kier molecular flexibility index (Phi) is 3.74. The molecule has 4 bridgehead atoms. The van der Waals surface area contributed by atoms with Crippen LogP contribution >= 0.6 is 0 Å². The summed E-state index contributed by atoms with van der Waals surface area (Å²) < 4.78 is 5.45. The molecular formula is C21H27N3O2. The summed E-state index contributed by atoms with van der Waals surface area (Å²) in [6.07, 6.45) is 3.30. The largest absolute Gasteiger partial charge is 0.497 e. The first-order valence-electron chi connectivity index (χ1n) is 9.89. The van der Waals surface area contributed by atoms with Crippen LogP contribution in [0, 0.1) is 11.8 Å². The number of nitrogens with zero attached hydrogens (tertiary/aromatic N) is 1. The zero-order valence-corrected chi connectivity index (χ0v) is 15.5. The Morgan fingerprint density at radius 3 is 3.08 bits per heavy atom. The van der Waals surface area contributed by atoms with Crippen molar-refractivity contribution >= 4 is 16.8 Å². The van der Waals surface area contributed by atoms with Crippen LogP contribution in [0.4, 0.5) is 0 Å². The molecule has 6 rings (SSSR count). The molecule has 0 radical (unpaired) electrons. The molecular weight excluding hydrogens is 326 g/mol. The summed E-state index contributed by atoms with van der Waals surface area (Å²) >= 11 is 0. The number of aromatic amines is 1. The molecule has 5 atom stereocenters. The van der Waals surface area contributed by atoms with Gasteiger partial charge in [0, 0.05) is 48.2 Å². The van der Waals surface area contributed by atoms with Gasteiger partial charge in [0.1, 0.15) is 5.75 Å². The second-order valence-electron chi connectivity index (χ2n) is 8.11. The first kappa shape index (κ1) is 16.2. The van der Waals surface area contributed by atoms with E-state index in [-0.39, 0.29) is 11.8 Å². The maximum Gasteiger partial charge on any atom is 0.224 e. The Morgan fingerprint density at radius 1 is 1.38 bits per heavy atom. The van der Waals surface area contributed by atoms with Crippen molar-refractivity contribution in [2.24, 2.45) is 11.8 Å². The third-order valence-corrected chi connectivity index (χ3v) is 6.77. The van der Waals surface area contributed by atoms with Crippen molar-refractivity contribution in [2.45, 2.75) is 38.1 Å². The standard InChI is InChI=1S/C21H27N3O2/c1-3-22-21(25)17-9-12-8-16-19-14(6-7-24(11-12)20(16)17)15-10-13(26-2)4-5-18(15)23-19/h4-5,10,12,16-17,20,23H,3,6-9,11H2,1-2H3,(H,22,25). The van der Waals surface area contributed by atoms with Crippen molar-refractivity contribution in [1.29, 1.82) is 0 Å². The molecule has 1 saturated carbocycles. The normalized spacial score (nSPS) is 32.2. The van der Waals surface area contributed by atoms with Gasteiger partial charge >= 0.3 is 0 Å². The van der Waals surface area contributed by atoms with E-state index >= 15 is 0 Å². The number of hydrogen-bond acceptors (Lipinski definition) is 3. The maximum atomic E-state index is 12.7. The number of aromatic nitrogens is 1. The highest BCUT2D eigenvalue weighted by Crippen LogP contribution is 2.50. The quantitative estimate of drug-likeness (QED) is 0.892. The monoisotopic (exact) mass is 353 g/mol. The van der Waals surface area contributed by atoms with Crippen molar-refractivity contribution in [1.82, 2.24) is 15.2 Å². The highest BCUT2D eigenvalue weighted by molar-refractivity contribution is 5.87. The van der Waals surface area contributed by atoms with Gasteiger partial charge in [0.05, 0.1) is 13.0 Å². The number of amides is 1. The van der Waals surface area contributed by atoms with E-state index in [2.05, 4.69) is 27.3 Å². The van der Waals surface area contributed by atoms with E-state index in [1.165, 1.54) is 28.6 Å². The van der Waals surface area contributed by atoms with Gasteiger partial charge in [-0.1, -0.05) is 0 Å². The van der Waals surface area contributed by atoms with Gasteiger partial charge in [-0.05, 0) is 55.9 Å². The van der Waals surface area contributed by atoms with E-state index in [0.717, 1.165) is 38.2 Å². The number of piperidine rings is 2. The third-order valence-electron chi connectivity index (χ3n) is 6.77. The topological polar surface area (TPSA) is 57.4 Å². The molecule has 138 valence electrons. The van der Waals surface area contributed by atoms with E-state index < -0.39 is 0 Å². The summed E-state index contributed by atoms with van der Waals surface area (Å²) in [5.74, 6) is 2.35. The lowest BCUT2D eigenvalue weighted by Gasteiger charge is -2.52. The Balaban J connectivity index is 1.60. The summed E-state index contributed by atoms with van der Waals surface area (Å²) in [4.78, 5) is 19.1. The van der Waals surface area contributed by atoms with Gasteiger partial charge in [-0.15, -0.1) is 0 Å². The highest BCUT2D eigenvalue weighted by atomic mass is 16.5. The highest BCUT2D eigenvalue weighted by Gasteiger charge is 2.51. The summed E-state index contributed by atoms with van der Waals surface area (Å²) in [6, 6.07) is 6.65. The number of carbonyl (C=O) groups is 1. The molecule has 2 saturated heterocycles. The lowest BCUT2D eigenvalue weighted by molar-refractivity contribution is -0.133. The molecule has 1 aromatic carbocycles. The van der Waals surface area contributed by atoms with E-state index in [1.54, 1.807) is 7.11 Å². The van der Waals surface area contributed by atoms with Crippen LogP contribution in [0.25, 0.3) is 10.9 Å². The number of rotatable bonds is 3. The van der Waals surface area contributed by atoms with Crippen molar-refractivity contribution < 1.29 is 9.53 Å². The summed E-state index contributed by atoms with van der Waals surface area (Å²) in [6.45, 7) is 4.93. The number of H-pyrrole nitrogens is 1. The number of benzene rings is 1. The Morgan fingerprint density at radius 2 is 2.27 bits per heavy atom. The predicted molar refractivity (Wildman–Crippen MR) is 102 cm³/mol. The molecule has 2 N–H and O–H groups in total. The summed E-state index contributed by atoms with van der Waals surface area (Å²) in [5.41, 5.74) is 4.01. The number of hydrogen-bond donors (Lipinski definition) is 2. The smallest absolute Gasteiger partial charge is 0.224 e. The molecule has 26 heavy (non-hydrogen) atoms. The Bertz CT molecular complexity index is 858. The minimum atomic E-state index is 0.124. The van der Waals surface area contributed by atoms with Gasteiger partial charge in [0.15, 0.2) is 0 Å². The van der Waals surface area contributed by atoms with Crippen molar-refractivity contribution in [3.63, 3.8) is 0 Å². The molecule has 0 spiro atoms. The average Bonchev–Trinajstić information content (AvgIpc) is 2.98. The van der Waals surface area contributed by atoms with Crippen LogP contribution < -0.4 is 10.1 Å². The molecule has 3 fully saturated rings. The molecule has 4 heterocycles. The molecule has 3 aliphatic heterocycles. The third kappa shape index (κ3) is 2.29. The van der Waals surface area contributed by atoms with Gasteiger partial charge in [-0.2, -0.15) is 0 Å². The van der Waals surface area contributed by atoms with Crippen LogP contribution in [0.2, 0.25) is 0 Å². The predicted octanol–water partition coefficient (Wildman–Crippen LogP) is 2.66. The minimum Gasteiger partial charge on any atom is -0.497 e. The second-order valence-corrected chi connectivity index (χ2v) is 8.11. The lowest BCUT2D eigenvalue weighted by Crippen LogP contribution is -2.59. The maximum absolute atomic E-state index is 12.7. The van der Waals surface area contributed by atoms with E-state index in [4.69, 9.17) is 4.74 Å². The molecule has 1 amide bonds. The summed E-state index contributed by atoms with van der Waals surface area (Å²) in [7, 11) is 1.72. The average molecular weight is 353 g/mol. The van der Waals surface area contributed by atoms with E-state index in [0.29, 0.717) is 17.9 Å². The zero-order chi connectivity index (χ0) is 17.8. The fourth-order valence-electron chi connectivity index (χ4n) is 5.80. The number of ether oxygens (including phenoxy) is 1. The van der Waals surface area contributed by atoms with E-state index in [1.807, 2.05) is 13.0 Å². The molecule has 5 heteroatoms. The fraction of sp³-hybridized carbons (Fsp3) is 0.571. The molecule has 1 aromatic heterocycles. The van der Waals surface area contributed by atoms with Crippen LogP contribution in [0.1, 0.15) is 36.9 Å². The fourth-order valence-corrected chi connectivity index (χ4v) is 5.80. The zero-order valence-electron chi connectivity index (χ0n) is 15.5. The van der Waals surface area contributed by atoms with Crippen LogP contribution in [0.15, 0.2) is 18.2 Å². The molecule has 5 nitrogen and oxygen atoms in total. The van der Waals surface area contributed by atoms with Gasteiger partial charge in [0.2, 0.25) is 5.91 Å². The van der Waals surface area contributed by atoms with Crippen LogP contribution in [0.5, 0.6) is 5.75 Å². The van der Waals surface area contributed by atoms with Gasteiger partial charge in [-0.25, -0.2) is 0 Å². The van der Waals surface area contributed by atoms with Crippen molar-refractivity contribution in [2.75, 3.05) is 26.7 Å². The molecule has 5 unspecified atom stereocenters. The second kappa shape index (κ2) is 6.02. The summed E-state index contributed by atoms with van der Waals surface area (Å²) in [5, 5.41) is 4.37. The van der Waals surface area contributed by atoms with Crippen LogP contribution in [-0.4, -0.2) is 48.6 Å². The van der Waals surface area contributed by atoms with Crippen LogP contribution in [-0.2, 0) is 11.2 Å². The number of fused-ring (bicyclic) bond motifs is 4. The molecule has 2 aromatic rings. The first-order valence-corrected chi connectivity index (χ1v) is 9.89. The first-order chi connectivity index (χ1) is 12.7.